The summed E-state index contributed by atoms with van der Waals surface area (Å²) in [6, 6.07) is 10.1. The number of hydrogen-bond donors (Lipinski definition) is 3. The van der Waals surface area contributed by atoms with E-state index in [-0.39, 0.29) is 11.8 Å². The number of nitrogens with zero attached hydrogens (tertiary/aromatic N) is 1. The molecule has 0 saturated carbocycles. The molecule has 2 amide bonds. The summed E-state index contributed by atoms with van der Waals surface area (Å²) >= 11 is 0. The van der Waals surface area contributed by atoms with Crippen LogP contribution in [-0.2, 0) is 22.3 Å². The lowest BCUT2D eigenvalue weighted by molar-refractivity contribution is 0.251. The van der Waals surface area contributed by atoms with Crippen molar-refractivity contribution in [3.05, 3.63) is 59.3 Å². The Kier molecular flexibility index (Phi) is 5.30. The number of pyridine rings is 1. The number of benzene rings is 1. The molecule has 7 nitrogen and oxygen atoms in total. The molecule has 0 spiro atoms. The van der Waals surface area contributed by atoms with Crippen LogP contribution in [-0.4, -0.2) is 19.4 Å². The predicted octanol–water partition coefficient (Wildman–Crippen LogP) is 1.50. The van der Waals surface area contributed by atoms with Crippen molar-refractivity contribution in [2.24, 2.45) is 5.14 Å². The first-order valence-corrected chi connectivity index (χ1v) is 8.60. The molecule has 1 aromatic heterocycles. The highest BCUT2D eigenvalue weighted by atomic mass is 32.2. The standard InChI is InChI=1S/C15H18N4O3S/c1-11-3-2-8-17-14(11)19-15(20)18-9-12-4-6-13(7-5-12)10-23(16,21)22/h2-8H,9-10H2,1H3,(H2,16,21,22)(H2,17,18,19,20). The first-order valence-electron chi connectivity index (χ1n) is 6.88. The van der Waals surface area contributed by atoms with Crippen LogP contribution in [0.3, 0.4) is 0 Å². The molecule has 1 aromatic carbocycles. The molecule has 0 saturated heterocycles. The minimum absolute atomic E-state index is 0.208. The predicted molar refractivity (Wildman–Crippen MR) is 88.1 cm³/mol. The molecule has 0 atom stereocenters. The number of carbonyl (C=O) groups excluding carboxylic acids is 1. The van der Waals surface area contributed by atoms with Gasteiger partial charge in [-0.3, -0.25) is 5.32 Å². The lowest BCUT2D eigenvalue weighted by atomic mass is 10.1. The van der Waals surface area contributed by atoms with Crippen molar-refractivity contribution in [2.75, 3.05) is 5.32 Å². The van der Waals surface area contributed by atoms with Gasteiger partial charge in [0.05, 0.1) is 5.75 Å². The lowest BCUT2D eigenvalue weighted by Gasteiger charge is -2.09. The van der Waals surface area contributed by atoms with Crippen molar-refractivity contribution < 1.29 is 13.2 Å². The SMILES string of the molecule is Cc1cccnc1NC(=O)NCc1ccc(CS(N)(=O)=O)cc1. The van der Waals surface area contributed by atoms with Crippen molar-refractivity contribution in [1.29, 1.82) is 0 Å². The number of rotatable bonds is 5. The second-order valence-corrected chi connectivity index (χ2v) is 6.71. The average Bonchev–Trinajstić information content (AvgIpc) is 2.47. The van der Waals surface area contributed by atoms with E-state index in [2.05, 4.69) is 15.6 Å². The van der Waals surface area contributed by atoms with Crippen LogP contribution in [0.1, 0.15) is 16.7 Å². The van der Waals surface area contributed by atoms with Gasteiger partial charge in [0.15, 0.2) is 0 Å². The molecule has 2 rings (SSSR count). The first kappa shape index (κ1) is 16.9. The van der Waals surface area contributed by atoms with Crippen LogP contribution in [0, 0.1) is 6.92 Å². The molecule has 0 aliphatic carbocycles. The van der Waals surface area contributed by atoms with E-state index >= 15 is 0 Å². The second kappa shape index (κ2) is 7.21. The molecular formula is C15H18N4O3S. The summed E-state index contributed by atoms with van der Waals surface area (Å²) in [6.07, 6.45) is 1.60. The van der Waals surface area contributed by atoms with E-state index < -0.39 is 10.0 Å². The second-order valence-electron chi connectivity index (χ2n) is 5.10. The molecule has 122 valence electrons. The summed E-state index contributed by atoms with van der Waals surface area (Å²) in [5.74, 6) is 0.300. The van der Waals surface area contributed by atoms with Gasteiger partial charge in [-0.2, -0.15) is 0 Å². The van der Waals surface area contributed by atoms with Crippen LogP contribution < -0.4 is 15.8 Å². The van der Waals surface area contributed by atoms with Gasteiger partial charge in [0.2, 0.25) is 10.0 Å². The highest BCUT2D eigenvalue weighted by Gasteiger charge is 2.06. The number of amides is 2. The number of anilines is 1. The van der Waals surface area contributed by atoms with Crippen LogP contribution >= 0.6 is 0 Å². The maximum atomic E-state index is 11.8. The fraction of sp³-hybridized carbons (Fsp3) is 0.200. The minimum Gasteiger partial charge on any atom is -0.334 e. The van der Waals surface area contributed by atoms with E-state index in [1.165, 1.54) is 0 Å². The Bertz CT molecular complexity index is 789. The Labute approximate surface area is 135 Å². The van der Waals surface area contributed by atoms with E-state index in [4.69, 9.17) is 5.14 Å². The summed E-state index contributed by atoms with van der Waals surface area (Å²) in [5, 5.41) is 10.4. The van der Waals surface area contributed by atoms with Crippen LogP contribution in [0.5, 0.6) is 0 Å². The fourth-order valence-electron chi connectivity index (χ4n) is 1.94. The summed E-state index contributed by atoms with van der Waals surface area (Å²) < 4.78 is 22.0. The van der Waals surface area contributed by atoms with E-state index in [0.717, 1.165) is 11.1 Å². The summed E-state index contributed by atoms with van der Waals surface area (Å²) in [7, 11) is -3.54. The summed E-state index contributed by atoms with van der Waals surface area (Å²) in [4.78, 5) is 15.9. The smallest absolute Gasteiger partial charge is 0.320 e. The van der Waals surface area contributed by atoms with E-state index in [0.29, 0.717) is 17.9 Å². The molecule has 23 heavy (non-hydrogen) atoms. The van der Waals surface area contributed by atoms with Crippen molar-refractivity contribution in [1.82, 2.24) is 10.3 Å². The number of urea groups is 1. The number of nitrogens with one attached hydrogen (secondary N) is 2. The van der Waals surface area contributed by atoms with Gasteiger partial charge in [0.1, 0.15) is 5.82 Å². The van der Waals surface area contributed by atoms with Crippen LogP contribution in [0.2, 0.25) is 0 Å². The Morgan fingerprint density at radius 2 is 1.83 bits per heavy atom. The number of aryl methyl sites for hydroxylation is 1. The Morgan fingerprint density at radius 1 is 1.17 bits per heavy atom. The van der Waals surface area contributed by atoms with Gasteiger partial charge in [-0.25, -0.2) is 23.3 Å². The molecule has 4 N–H and O–H groups in total. The molecule has 0 bridgehead atoms. The maximum Gasteiger partial charge on any atom is 0.320 e. The maximum absolute atomic E-state index is 11.8. The fourth-order valence-corrected chi connectivity index (χ4v) is 2.59. The molecule has 1 heterocycles. The van der Waals surface area contributed by atoms with Crippen molar-refractivity contribution in [3.8, 4) is 0 Å². The van der Waals surface area contributed by atoms with E-state index in [1.54, 1.807) is 36.5 Å². The third-order valence-electron chi connectivity index (χ3n) is 3.09. The summed E-state index contributed by atoms with van der Waals surface area (Å²) in [5.41, 5.74) is 2.32. The molecule has 0 radical (unpaired) electrons. The minimum atomic E-state index is -3.54. The quantitative estimate of drug-likeness (QED) is 0.768. The van der Waals surface area contributed by atoms with Gasteiger partial charge in [0, 0.05) is 12.7 Å². The topological polar surface area (TPSA) is 114 Å². The van der Waals surface area contributed by atoms with E-state index in [1.807, 2.05) is 13.0 Å². The molecular weight excluding hydrogens is 316 g/mol. The Hall–Kier alpha value is -2.45. The number of aromatic nitrogens is 1. The molecule has 0 fully saturated rings. The molecule has 0 unspecified atom stereocenters. The molecule has 0 aliphatic heterocycles. The van der Waals surface area contributed by atoms with Crippen molar-refractivity contribution in [3.63, 3.8) is 0 Å². The molecule has 0 aliphatic rings. The van der Waals surface area contributed by atoms with Crippen LogP contribution in [0.4, 0.5) is 10.6 Å². The number of sulfonamides is 1. The van der Waals surface area contributed by atoms with Gasteiger partial charge in [-0.05, 0) is 29.7 Å². The largest absolute Gasteiger partial charge is 0.334 e. The highest BCUT2D eigenvalue weighted by Crippen LogP contribution is 2.09. The zero-order valence-electron chi connectivity index (χ0n) is 12.6. The third-order valence-corrected chi connectivity index (χ3v) is 3.82. The zero-order chi connectivity index (χ0) is 16.9. The monoisotopic (exact) mass is 334 g/mol. The zero-order valence-corrected chi connectivity index (χ0v) is 13.4. The Balaban J connectivity index is 1.88. The number of hydrogen-bond acceptors (Lipinski definition) is 4. The summed E-state index contributed by atoms with van der Waals surface area (Å²) in [6.45, 7) is 2.17. The normalized spacial score (nSPS) is 11.0. The third kappa shape index (κ3) is 5.68. The molecule has 8 heteroatoms. The Morgan fingerprint density at radius 3 is 2.43 bits per heavy atom. The van der Waals surface area contributed by atoms with Gasteiger partial charge < -0.3 is 5.32 Å². The average molecular weight is 334 g/mol. The van der Waals surface area contributed by atoms with Gasteiger partial charge >= 0.3 is 6.03 Å². The van der Waals surface area contributed by atoms with Crippen LogP contribution in [0.15, 0.2) is 42.6 Å². The number of carbonyl (C=O) groups is 1. The van der Waals surface area contributed by atoms with Gasteiger partial charge in [-0.1, -0.05) is 30.3 Å². The number of primary sulfonamides is 1. The highest BCUT2D eigenvalue weighted by molar-refractivity contribution is 7.88. The van der Waals surface area contributed by atoms with E-state index in [9.17, 15) is 13.2 Å². The van der Waals surface area contributed by atoms with Gasteiger partial charge in [-0.15, -0.1) is 0 Å². The number of nitrogens with two attached hydrogens (primary N) is 1. The van der Waals surface area contributed by atoms with Crippen molar-refractivity contribution >= 4 is 21.9 Å². The first-order chi connectivity index (χ1) is 10.8. The van der Waals surface area contributed by atoms with Gasteiger partial charge in [0.25, 0.3) is 0 Å². The lowest BCUT2D eigenvalue weighted by Crippen LogP contribution is -2.28. The van der Waals surface area contributed by atoms with Crippen LogP contribution in [0.25, 0.3) is 0 Å². The van der Waals surface area contributed by atoms with Crippen molar-refractivity contribution in [2.45, 2.75) is 19.2 Å². The molecule has 2 aromatic rings.